The maximum absolute atomic E-state index is 12.6. The first-order valence-corrected chi connectivity index (χ1v) is 9.47. The minimum atomic E-state index is -0.408. The van der Waals surface area contributed by atoms with Gasteiger partial charge in [-0.1, -0.05) is 18.3 Å². The van der Waals surface area contributed by atoms with E-state index in [9.17, 15) is 14.4 Å². The number of carbonyl (C=O) groups excluding carboxylic acids is 3. The number of hydrogen-bond donors (Lipinski definition) is 3. The minimum Gasteiger partial charge on any atom is -0.369 e. The Balaban J connectivity index is 2.23. The van der Waals surface area contributed by atoms with Crippen LogP contribution in [0.4, 0.5) is 5.13 Å². The van der Waals surface area contributed by atoms with Gasteiger partial charge in [-0.3, -0.25) is 19.7 Å². The molecule has 4 N–H and O–H groups in total. The van der Waals surface area contributed by atoms with E-state index in [0.717, 1.165) is 9.90 Å². The molecule has 0 aliphatic carbocycles. The lowest BCUT2D eigenvalue weighted by Crippen LogP contribution is -2.14. The normalized spacial score (nSPS) is 10.7. The van der Waals surface area contributed by atoms with Gasteiger partial charge in [0.1, 0.15) is 5.69 Å². The lowest BCUT2D eigenvalue weighted by Gasteiger charge is -2.03. The summed E-state index contributed by atoms with van der Waals surface area (Å²) in [7, 11) is 0. The number of aryl methyl sites for hydroxylation is 2. The number of thiazole rings is 1. The number of nitrogens with one attached hydrogen (secondary N) is 2. The highest BCUT2D eigenvalue weighted by Gasteiger charge is 2.22. The molecule has 0 aromatic carbocycles. The van der Waals surface area contributed by atoms with E-state index in [1.807, 2.05) is 6.92 Å². The van der Waals surface area contributed by atoms with Crippen LogP contribution in [0, 0.1) is 13.8 Å². The molecule has 25 heavy (non-hydrogen) atoms. The number of anilines is 1. The topological polar surface area (TPSA) is 118 Å². The number of aromatic amines is 1. The number of aromatic nitrogens is 2. The van der Waals surface area contributed by atoms with Crippen LogP contribution < -0.4 is 11.1 Å². The van der Waals surface area contributed by atoms with Gasteiger partial charge in [-0.25, -0.2) is 4.98 Å². The van der Waals surface area contributed by atoms with Crippen molar-refractivity contribution in [3.05, 3.63) is 28.2 Å². The van der Waals surface area contributed by atoms with Gasteiger partial charge in [0.15, 0.2) is 10.9 Å². The zero-order chi connectivity index (χ0) is 18.7. The van der Waals surface area contributed by atoms with Crippen LogP contribution in [0.1, 0.15) is 51.6 Å². The second-order valence-corrected chi connectivity index (χ2v) is 7.73. The van der Waals surface area contributed by atoms with Gasteiger partial charge < -0.3 is 10.7 Å². The van der Waals surface area contributed by atoms with Crippen molar-refractivity contribution in [2.24, 2.45) is 5.73 Å². The van der Waals surface area contributed by atoms with E-state index < -0.39 is 5.91 Å². The summed E-state index contributed by atoms with van der Waals surface area (Å²) >= 11 is 2.58. The van der Waals surface area contributed by atoms with Gasteiger partial charge in [-0.15, -0.1) is 11.8 Å². The Morgan fingerprint density at radius 1 is 1.32 bits per heavy atom. The lowest BCUT2D eigenvalue weighted by atomic mass is 10.0. The molecule has 2 aromatic heterocycles. The highest BCUT2D eigenvalue weighted by Crippen LogP contribution is 2.32. The predicted octanol–water partition coefficient (Wildman–Crippen LogP) is 2.68. The number of rotatable bonds is 7. The molecule has 134 valence electrons. The van der Waals surface area contributed by atoms with Crippen molar-refractivity contribution in [3.8, 4) is 0 Å². The Morgan fingerprint density at radius 2 is 2.00 bits per heavy atom. The molecule has 2 aromatic rings. The fraction of sp³-hybridized carbons (Fsp3) is 0.375. The van der Waals surface area contributed by atoms with Crippen LogP contribution in [0.2, 0.25) is 0 Å². The van der Waals surface area contributed by atoms with Crippen LogP contribution in [-0.2, 0) is 11.2 Å². The Kier molecular flexibility index (Phi) is 6.02. The molecule has 9 heteroatoms. The van der Waals surface area contributed by atoms with Gasteiger partial charge >= 0.3 is 0 Å². The second-order valence-electron chi connectivity index (χ2n) is 5.49. The molecule has 2 heterocycles. The molecule has 2 rings (SSSR count). The summed E-state index contributed by atoms with van der Waals surface area (Å²) in [5.74, 6) is -0.657. The molecule has 0 spiro atoms. The first-order chi connectivity index (χ1) is 11.7. The summed E-state index contributed by atoms with van der Waals surface area (Å²) < 4.78 is 0.830. The lowest BCUT2D eigenvalue weighted by molar-refractivity contribution is -0.115. The van der Waals surface area contributed by atoms with E-state index in [4.69, 9.17) is 5.73 Å². The number of thioether (sulfide) groups is 1. The van der Waals surface area contributed by atoms with E-state index in [-0.39, 0.29) is 17.4 Å². The molecule has 0 atom stereocenters. The van der Waals surface area contributed by atoms with Crippen molar-refractivity contribution in [1.82, 2.24) is 9.97 Å². The molecule has 0 unspecified atom stereocenters. The molecular formula is C16H20N4O3S2. The second kappa shape index (κ2) is 7.83. The Labute approximate surface area is 153 Å². The van der Waals surface area contributed by atoms with Crippen molar-refractivity contribution in [3.63, 3.8) is 0 Å². The van der Waals surface area contributed by atoms with Gasteiger partial charge in [-0.05, 0) is 32.8 Å². The van der Waals surface area contributed by atoms with Crippen LogP contribution in [0.15, 0.2) is 4.21 Å². The number of nitrogens with zero attached hydrogens (tertiary/aromatic N) is 1. The minimum absolute atomic E-state index is 0.0696. The van der Waals surface area contributed by atoms with Gasteiger partial charge in [0.2, 0.25) is 5.91 Å². The zero-order valence-corrected chi connectivity index (χ0v) is 16.1. The van der Waals surface area contributed by atoms with Gasteiger partial charge in [0, 0.05) is 11.3 Å². The number of hydrogen-bond acceptors (Lipinski definition) is 6. The highest BCUT2D eigenvalue weighted by atomic mass is 32.2. The Morgan fingerprint density at radius 3 is 2.56 bits per heavy atom. The Bertz CT molecular complexity index is 839. The van der Waals surface area contributed by atoms with Crippen LogP contribution in [0.25, 0.3) is 0 Å². The third-order valence-corrected chi connectivity index (χ3v) is 6.00. The molecule has 0 saturated carbocycles. The first-order valence-electron chi connectivity index (χ1n) is 7.66. The predicted molar refractivity (Wildman–Crippen MR) is 99.6 cm³/mol. The summed E-state index contributed by atoms with van der Waals surface area (Å²) in [6.45, 7) is 6.97. The average molecular weight is 380 g/mol. The number of nitrogens with two attached hydrogens (primary N) is 1. The third kappa shape index (κ3) is 4.29. The molecule has 0 bridgehead atoms. The molecule has 0 saturated heterocycles. The van der Waals surface area contributed by atoms with Crippen molar-refractivity contribution in [2.75, 3.05) is 11.1 Å². The molecule has 0 fully saturated rings. The Hall–Kier alpha value is -2.13. The van der Waals surface area contributed by atoms with Gasteiger partial charge in [0.25, 0.3) is 5.91 Å². The fourth-order valence-electron chi connectivity index (χ4n) is 2.57. The van der Waals surface area contributed by atoms with Crippen molar-refractivity contribution in [2.45, 2.75) is 38.3 Å². The largest absolute Gasteiger partial charge is 0.369 e. The molecule has 2 amide bonds. The van der Waals surface area contributed by atoms with E-state index in [2.05, 4.69) is 15.3 Å². The van der Waals surface area contributed by atoms with Crippen LogP contribution in [0.5, 0.6) is 0 Å². The van der Waals surface area contributed by atoms with Crippen LogP contribution in [0.3, 0.4) is 0 Å². The smallest absolute Gasteiger partial charge is 0.274 e. The summed E-state index contributed by atoms with van der Waals surface area (Å²) in [6, 6.07) is 0. The van der Waals surface area contributed by atoms with Gasteiger partial charge in [-0.2, -0.15) is 0 Å². The number of ketones is 1. The van der Waals surface area contributed by atoms with E-state index in [0.29, 0.717) is 34.1 Å². The molecule has 0 aliphatic heterocycles. The van der Waals surface area contributed by atoms with E-state index in [1.165, 1.54) is 30.0 Å². The van der Waals surface area contributed by atoms with E-state index in [1.54, 1.807) is 13.8 Å². The summed E-state index contributed by atoms with van der Waals surface area (Å²) in [4.78, 5) is 42.6. The quantitative estimate of drug-likeness (QED) is 0.504. The highest BCUT2D eigenvalue weighted by molar-refractivity contribution is 8.01. The van der Waals surface area contributed by atoms with E-state index >= 15 is 0 Å². The maximum atomic E-state index is 12.6. The van der Waals surface area contributed by atoms with Crippen molar-refractivity contribution >= 4 is 45.8 Å². The SMILES string of the molecule is CCc1c(C(=O)Nc2nc(C)c(SCC(N)=O)s2)[nH]c(C)c1C(C)=O. The summed E-state index contributed by atoms with van der Waals surface area (Å²) in [6.07, 6.45) is 0.568. The zero-order valence-electron chi connectivity index (χ0n) is 14.5. The van der Waals surface area contributed by atoms with Gasteiger partial charge in [0.05, 0.1) is 15.7 Å². The number of primary amides is 1. The maximum Gasteiger partial charge on any atom is 0.274 e. The number of Topliss-reactive ketones (excluding diaryl/α,β-unsaturated/α-hetero) is 1. The molecular weight excluding hydrogens is 360 g/mol. The summed E-state index contributed by atoms with van der Waals surface area (Å²) in [5, 5.41) is 3.20. The number of carbonyl (C=O) groups is 3. The molecule has 0 radical (unpaired) electrons. The number of H-pyrrole nitrogens is 1. The molecule has 0 aliphatic rings. The molecule has 7 nitrogen and oxygen atoms in total. The van der Waals surface area contributed by atoms with Crippen LogP contribution in [-0.4, -0.2) is 33.3 Å². The third-order valence-electron chi connectivity index (χ3n) is 3.54. The monoisotopic (exact) mass is 380 g/mol. The van der Waals surface area contributed by atoms with Crippen molar-refractivity contribution < 1.29 is 14.4 Å². The average Bonchev–Trinajstić information content (AvgIpc) is 3.04. The van der Waals surface area contributed by atoms with Crippen LogP contribution >= 0.6 is 23.1 Å². The standard InChI is InChI=1S/C16H20N4O3S2/c1-5-10-12(9(4)21)7(2)18-13(10)14(23)20-16-19-8(3)15(25-16)24-6-11(17)22/h18H,5-6H2,1-4H3,(H2,17,22)(H,19,20,23). The number of amides is 2. The fourth-order valence-corrected chi connectivity index (χ4v) is 4.44. The van der Waals surface area contributed by atoms with Crippen molar-refractivity contribution in [1.29, 1.82) is 0 Å². The summed E-state index contributed by atoms with van der Waals surface area (Å²) in [5.41, 5.74) is 8.22. The first kappa shape index (κ1) is 19.2.